The third-order valence-electron chi connectivity index (χ3n) is 17.6. The van der Waals surface area contributed by atoms with Crippen LogP contribution in [0.3, 0.4) is 0 Å². The van der Waals surface area contributed by atoms with Gasteiger partial charge in [0.05, 0.1) is 26.4 Å². The lowest BCUT2D eigenvalue weighted by molar-refractivity contribution is -0.161. The van der Waals surface area contributed by atoms with Crippen molar-refractivity contribution in [2.75, 3.05) is 39.6 Å². The predicted molar refractivity (Wildman–Crippen MR) is 386 cm³/mol. The second kappa shape index (κ2) is 66.6. The number of carbonyl (C=O) groups is 4. The van der Waals surface area contributed by atoms with E-state index in [-0.39, 0.29) is 25.7 Å². The van der Waals surface area contributed by atoms with E-state index in [2.05, 4.69) is 48.5 Å². The number of rotatable bonds is 74. The van der Waals surface area contributed by atoms with E-state index >= 15 is 0 Å². The van der Waals surface area contributed by atoms with Crippen molar-refractivity contribution < 1.29 is 80.2 Å². The van der Waals surface area contributed by atoms with Crippen LogP contribution in [0.2, 0.25) is 0 Å². The molecule has 0 saturated heterocycles. The normalized spacial score (nSPS) is 14.1. The molecule has 2 unspecified atom stereocenters. The smallest absolute Gasteiger partial charge is 0.462 e. The van der Waals surface area contributed by atoms with Crippen LogP contribution in [0.4, 0.5) is 0 Å². The molecule has 0 aliphatic carbocycles. The van der Waals surface area contributed by atoms with Gasteiger partial charge in [0.2, 0.25) is 0 Å². The Kier molecular flexibility index (Phi) is 65.2. The van der Waals surface area contributed by atoms with E-state index in [0.29, 0.717) is 25.7 Å². The first-order valence-electron chi connectivity index (χ1n) is 39.3. The second-order valence-electron chi connectivity index (χ2n) is 28.8. The molecule has 0 aliphatic rings. The zero-order valence-electron chi connectivity index (χ0n) is 62.1. The molecule has 0 spiro atoms. The van der Waals surface area contributed by atoms with Crippen LogP contribution in [0, 0.1) is 17.8 Å². The van der Waals surface area contributed by atoms with Gasteiger partial charge in [0.1, 0.15) is 19.3 Å². The summed E-state index contributed by atoms with van der Waals surface area (Å²) in [5, 5.41) is 10.6. The molecule has 0 radical (unpaired) electrons. The van der Waals surface area contributed by atoms with Gasteiger partial charge in [0, 0.05) is 25.7 Å². The van der Waals surface area contributed by atoms with Gasteiger partial charge in [0.25, 0.3) is 0 Å². The van der Waals surface area contributed by atoms with E-state index in [4.69, 9.17) is 37.0 Å². The van der Waals surface area contributed by atoms with Gasteiger partial charge in [-0.15, -0.1) is 0 Å². The maximum absolute atomic E-state index is 13.1. The highest BCUT2D eigenvalue weighted by atomic mass is 31.2. The molecule has 0 aromatic rings. The highest BCUT2D eigenvalue weighted by Crippen LogP contribution is 2.45. The fourth-order valence-electron chi connectivity index (χ4n) is 11.6. The monoisotopic (exact) mass is 1400 g/mol. The van der Waals surface area contributed by atoms with E-state index in [1.165, 1.54) is 193 Å². The third kappa shape index (κ3) is 70.3. The molecular weight excluding hydrogens is 1250 g/mol. The Bertz CT molecular complexity index is 1850. The van der Waals surface area contributed by atoms with Crippen molar-refractivity contribution in [3.05, 3.63) is 0 Å². The molecule has 564 valence electrons. The summed E-state index contributed by atoms with van der Waals surface area (Å²) in [5.74, 6) is 0.223. The van der Waals surface area contributed by atoms with E-state index in [0.717, 1.165) is 114 Å². The Morgan fingerprint density at radius 3 is 0.716 bits per heavy atom. The number of phosphoric acid groups is 2. The maximum atomic E-state index is 13.1. The first-order valence-corrected chi connectivity index (χ1v) is 42.3. The summed E-state index contributed by atoms with van der Waals surface area (Å²) >= 11 is 0. The lowest BCUT2D eigenvalue weighted by Gasteiger charge is -2.21. The zero-order chi connectivity index (χ0) is 70.1. The molecule has 5 atom stereocenters. The number of hydrogen-bond acceptors (Lipinski definition) is 15. The molecule has 3 N–H and O–H groups in total. The molecule has 0 aromatic carbocycles. The van der Waals surface area contributed by atoms with Crippen LogP contribution in [0.1, 0.15) is 389 Å². The van der Waals surface area contributed by atoms with Crippen LogP contribution < -0.4 is 0 Å². The minimum absolute atomic E-state index is 0.106. The average molecular weight is 1400 g/mol. The van der Waals surface area contributed by atoms with Crippen molar-refractivity contribution in [2.24, 2.45) is 17.8 Å². The Morgan fingerprint density at radius 2 is 0.484 bits per heavy atom. The molecule has 0 saturated carbocycles. The Labute approximate surface area is 581 Å². The van der Waals surface area contributed by atoms with Crippen molar-refractivity contribution >= 4 is 39.5 Å². The summed E-state index contributed by atoms with van der Waals surface area (Å²) < 4.78 is 68.5. The van der Waals surface area contributed by atoms with Gasteiger partial charge in [0.15, 0.2) is 12.2 Å². The van der Waals surface area contributed by atoms with E-state index < -0.39 is 97.5 Å². The van der Waals surface area contributed by atoms with Gasteiger partial charge in [-0.1, -0.05) is 337 Å². The molecule has 0 rings (SSSR count). The van der Waals surface area contributed by atoms with Crippen LogP contribution >= 0.6 is 15.6 Å². The number of unbranched alkanes of at least 4 members (excludes halogenated alkanes) is 42. The second-order valence-corrected chi connectivity index (χ2v) is 31.7. The number of esters is 4. The number of aliphatic hydroxyl groups excluding tert-OH is 1. The van der Waals surface area contributed by atoms with Crippen LogP contribution in [0.25, 0.3) is 0 Å². The minimum Gasteiger partial charge on any atom is -0.462 e. The SMILES string of the molecule is CCCCCCCCCCC(=O)OC[C@H](COP(=O)(O)OC[C@H](O)COP(=O)(O)OC[C@@H](COC(=O)CCCCCCCCCCCCCCC(C)C)OC(=O)CCCCCCCCCCCCCCCCCCC(C)C)OC(=O)CCCCCCCCCCCCC(C)C. The molecule has 0 amide bonds. The first kappa shape index (κ1) is 93.1. The van der Waals surface area contributed by atoms with Gasteiger partial charge in [-0.3, -0.25) is 37.3 Å². The van der Waals surface area contributed by atoms with Gasteiger partial charge in [-0.2, -0.15) is 0 Å². The Hall–Kier alpha value is -1.94. The highest BCUT2D eigenvalue weighted by molar-refractivity contribution is 7.47. The first-order chi connectivity index (χ1) is 45.7. The number of hydrogen-bond donors (Lipinski definition) is 3. The standard InChI is InChI=1S/C76H148O17P2/c1-8-9-10-11-12-36-43-50-57-73(78)86-63-71(92-76(81)60-53-46-39-32-26-25-29-35-42-49-56-69(6)7)65-90-94(82,83)88-61-70(77)62-89-95(84,85)91-66-72(64-87-74(79)58-51-44-37-30-23-20-19-22-28-34-41-48-55-68(4)5)93-75(80)59-52-45-38-31-24-18-16-14-13-15-17-21-27-33-40-47-54-67(2)3/h67-72,77H,8-66H2,1-7H3,(H,82,83)(H,84,85)/t70-,71+,72+/m0/s1. The van der Waals surface area contributed by atoms with Crippen LogP contribution in [-0.2, 0) is 65.4 Å². The number of ether oxygens (including phenoxy) is 4. The molecule has 0 aromatic heterocycles. The third-order valence-corrected chi connectivity index (χ3v) is 19.5. The summed E-state index contributed by atoms with van der Waals surface area (Å²) in [5.41, 5.74) is 0. The van der Waals surface area contributed by atoms with Gasteiger partial charge in [-0.25, -0.2) is 9.13 Å². The van der Waals surface area contributed by atoms with Gasteiger partial charge in [-0.05, 0) is 43.4 Å². The van der Waals surface area contributed by atoms with Gasteiger partial charge < -0.3 is 33.8 Å². The fourth-order valence-corrected chi connectivity index (χ4v) is 13.2. The summed E-state index contributed by atoms with van der Waals surface area (Å²) in [7, 11) is -9.91. The number of aliphatic hydroxyl groups is 1. The molecular formula is C76H148O17P2. The quantitative estimate of drug-likeness (QED) is 0.0222. The number of phosphoric ester groups is 2. The highest BCUT2D eigenvalue weighted by Gasteiger charge is 2.30. The topological polar surface area (TPSA) is 237 Å². The van der Waals surface area contributed by atoms with Crippen LogP contribution in [-0.4, -0.2) is 96.7 Å². The molecule has 19 heteroatoms. The zero-order valence-corrected chi connectivity index (χ0v) is 63.9. The molecule has 0 heterocycles. The molecule has 0 bridgehead atoms. The van der Waals surface area contributed by atoms with Crippen molar-refractivity contribution in [1.29, 1.82) is 0 Å². The Morgan fingerprint density at radius 1 is 0.284 bits per heavy atom. The lowest BCUT2D eigenvalue weighted by atomic mass is 10.0. The molecule has 95 heavy (non-hydrogen) atoms. The van der Waals surface area contributed by atoms with Crippen LogP contribution in [0.15, 0.2) is 0 Å². The molecule has 17 nitrogen and oxygen atoms in total. The summed E-state index contributed by atoms with van der Waals surface area (Å²) in [6.07, 6.45) is 52.8. The van der Waals surface area contributed by atoms with E-state index in [9.17, 15) is 43.2 Å². The maximum Gasteiger partial charge on any atom is 0.472 e. The van der Waals surface area contributed by atoms with Crippen molar-refractivity contribution in [2.45, 2.75) is 407 Å². The van der Waals surface area contributed by atoms with E-state index in [1.807, 2.05) is 0 Å². The lowest BCUT2D eigenvalue weighted by Crippen LogP contribution is -2.30. The summed E-state index contributed by atoms with van der Waals surface area (Å²) in [6.45, 7) is 11.9. The van der Waals surface area contributed by atoms with E-state index in [1.54, 1.807) is 0 Å². The fraction of sp³-hybridized carbons (Fsp3) is 0.947. The van der Waals surface area contributed by atoms with Crippen molar-refractivity contribution in [3.63, 3.8) is 0 Å². The number of carbonyl (C=O) groups excluding carboxylic acids is 4. The predicted octanol–water partition coefficient (Wildman–Crippen LogP) is 22.2. The summed E-state index contributed by atoms with van der Waals surface area (Å²) in [6, 6.07) is 0. The van der Waals surface area contributed by atoms with Crippen molar-refractivity contribution in [3.8, 4) is 0 Å². The van der Waals surface area contributed by atoms with Crippen molar-refractivity contribution in [1.82, 2.24) is 0 Å². The van der Waals surface area contributed by atoms with Crippen LogP contribution in [0.5, 0.6) is 0 Å². The Balaban J connectivity index is 5.21. The summed E-state index contributed by atoms with van der Waals surface area (Å²) in [4.78, 5) is 72.7. The largest absolute Gasteiger partial charge is 0.472 e. The average Bonchev–Trinajstić information content (AvgIpc) is 2.02. The molecule has 0 aliphatic heterocycles. The molecule has 0 fully saturated rings. The minimum atomic E-state index is -4.96. The van der Waals surface area contributed by atoms with Gasteiger partial charge >= 0.3 is 39.5 Å².